The first-order valence-electron chi connectivity index (χ1n) is 6.54. The van der Waals surface area contributed by atoms with E-state index in [9.17, 15) is 13.2 Å². The van der Waals surface area contributed by atoms with Gasteiger partial charge in [0.15, 0.2) is 0 Å². The summed E-state index contributed by atoms with van der Waals surface area (Å²) in [7, 11) is -1.48. The lowest BCUT2D eigenvalue weighted by Crippen LogP contribution is -2.49. The summed E-state index contributed by atoms with van der Waals surface area (Å²) in [6.45, 7) is 2.68. The second-order valence-electron chi connectivity index (χ2n) is 5.23. The van der Waals surface area contributed by atoms with Crippen LogP contribution in [0.15, 0.2) is 6.07 Å². The van der Waals surface area contributed by atoms with Crippen LogP contribution in [0.5, 0.6) is 0 Å². The van der Waals surface area contributed by atoms with Gasteiger partial charge < -0.3 is 5.32 Å². The maximum atomic E-state index is 12.2. The molecule has 7 nitrogen and oxygen atoms in total. The fourth-order valence-corrected chi connectivity index (χ4v) is 3.36. The zero-order valence-electron chi connectivity index (χ0n) is 12.0. The molecule has 1 aliphatic rings. The van der Waals surface area contributed by atoms with Gasteiger partial charge in [0.2, 0.25) is 10.0 Å². The van der Waals surface area contributed by atoms with Crippen molar-refractivity contribution in [2.45, 2.75) is 25.8 Å². The van der Waals surface area contributed by atoms with Gasteiger partial charge in [-0.15, -0.1) is 0 Å². The quantitative estimate of drug-likeness (QED) is 0.843. The number of aryl methyl sites for hydroxylation is 2. The molecule has 1 aliphatic heterocycles. The Labute approximate surface area is 119 Å². The van der Waals surface area contributed by atoms with E-state index in [2.05, 4.69) is 10.4 Å². The molecule has 2 heterocycles. The highest BCUT2D eigenvalue weighted by Gasteiger charge is 2.27. The second kappa shape index (κ2) is 5.53. The third-order valence-electron chi connectivity index (χ3n) is 3.42. The molecule has 2 rings (SSSR count). The van der Waals surface area contributed by atoms with Gasteiger partial charge in [-0.3, -0.25) is 9.48 Å². The Morgan fingerprint density at radius 3 is 2.75 bits per heavy atom. The van der Waals surface area contributed by atoms with Gasteiger partial charge in [0.25, 0.3) is 5.91 Å². The highest BCUT2D eigenvalue weighted by atomic mass is 32.2. The molecule has 112 valence electrons. The van der Waals surface area contributed by atoms with Crippen LogP contribution in [0.4, 0.5) is 0 Å². The van der Waals surface area contributed by atoms with Crippen LogP contribution < -0.4 is 5.32 Å². The number of nitrogens with zero attached hydrogens (tertiary/aromatic N) is 3. The molecule has 0 aliphatic carbocycles. The number of nitrogens with one attached hydrogen (secondary N) is 1. The SMILES string of the molecule is Cc1cc(C(=O)NC2CCCN(S(C)(=O)=O)C2)n(C)n1. The summed E-state index contributed by atoms with van der Waals surface area (Å²) in [5.41, 5.74) is 1.26. The molecule has 1 amide bonds. The van der Waals surface area contributed by atoms with Crippen molar-refractivity contribution in [1.82, 2.24) is 19.4 Å². The van der Waals surface area contributed by atoms with Crippen molar-refractivity contribution in [3.8, 4) is 0 Å². The molecule has 8 heteroatoms. The van der Waals surface area contributed by atoms with E-state index in [-0.39, 0.29) is 11.9 Å². The number of sulfonamides is 1. The normalized spacial score (nSPS) is 20.9. The zero-order valence-corrected chi connectivity index (χ0v) is 12.8. The van der Waals surface area contributed by atoms with E-state index in [1.165, 1.54) is 15.2 Å². The van der Waals surface area contributed by atoms with Gasteiger partial charge in [-0.05, 0) is 25.8 Å². The second-order valence-corrected chi connectivity index (χ2v) is 7.21. The maximum absolute atomic E-state index is 12.2. The summed E-state index contributed by atoms with van der Waals surface area (Å²) in [5, 5.41) is 7.01. The van der Waals surface area contributed by atoms with Crippen molar-refractivity contribution in [2.24, 2.45) is 7.05 Å². The Morgan fingerprint density at radius 1 is 1.50 bits per heavy atom. The minimum Gasteiger partial charge on any atom is -0.347 e. The minimum absolute atomic E-state index is 0.152. The summed E-state index contributed by atoms with van der Waals surface area (Å²) in [4.78, 5) is 12.2. The van der Waals surface area contributed by atoms with Crippen LogP contribution in [0.1, 0.15) is 29.0 Å². The Morgan fingerprint density at radius 2 is 2.20 bits per heavy atom. The number of hydrogen-bond donors (Lipinski definition) is 1. The standard InChI is InChI=1S/C12H20N4O3S/c1-9-7-11(15(2)14-9)12(17)13-10-5-4-6-16(8-10)20(3,18)19/h7,10H,4-6,8H2,1-3H3,(H,13,17). The first-order chi connectivity index (χ1) is 9.27. The molecule has 0 bridgehead atoms. The smallest absolute Gasteiger partial charge is 0.269 e. The molecule has 20 heavy (non-hydrogen) atoms. The summed E-state index contributed by atoms with van der Waals surface area (Å²) in [6, 6.07) is 1.56. The van der Waals surface area contributed by atoms with Crippen molar-refractivity contribution < 1.29 is 13.2 Å². The predicted octanol–water partition coefficient (Wildman–Crippen LogP) is -0.118. The van der Waals surface area contributed by atoms with E-state index in [0.717, 1.165) is 18.5 Å². The molecule has 1 N–H and O–H groups in total. The Bertz CT molecular complexity index is 608. The Kier molecular flexibility index (Phi) is 4.14. The van der Waals surface area contributed by atoms with Gasteiger partial charge in [0, 0.05) is 26.2 Å². The number of aromatic nitrogens is 2. The fraction of sp³-hybridized carbons (Fsp3) is 0.667. The number of piperidine rings is 1. The maximum Gasteiger partial charge on any atom is 0.269 e. The van der Waals surface area contributed by atoms with E-state index in [1.807, 2.05) is 6.92 Å². The van der Waals surface area contributed by atoms with Gasteiger partial charge in [-0.25, -0.2) is 12.7 Å². The molecule has 1 saturated heterocycles. The lowest BCUT2D eigenvalue weighted by molar-refractivity contribution is 0.0912. The molecule has 0 radical (unpaired) electrons. The Balaban J connectivity index is 2.03. The molecule has 1 aromatic rings. The van der Waals surface area contributed by atoms with Crippen LogP contribution in [0.2, 0.25) is 0 Å². The van der Waals surface area contributed by atoms with Crippen LogP contribution >= 0.6 is 0 Å². The first-order valence-corrected chi connectivity index (χ1v) is 8.39. The van der Waals surface area contributed by atoms with E-state index < -0.39 is 10.0 Å². The monoisotopic (exact) mass is 300 g/mol. The highest BCUT2D eigenvalue weighted by molar-refractivity contribution is 7.88. The van der Waals surface area contributed by atoms with Crippen LogP contribution in [-0.2, 0) is 17.1 Å². The average Bonchev–Trinajstić information content (AvgIpc) is 2.68. The molecular weight excluding hydrogens is 280 g/mol. The topological polar surface area (TPSA) is 84.3 Å². The Hall–Kier alpha value is -1.41. The summed E-state index contributed by atoms with van der Waals surface area (Å²) in [6.07, 6.45) is 2.73. The first kappa shape index (κ1) is 15.0. The molecule has 1 unspecified atom stereocenters. The van der Waals surface area contributed by atoms with Gasteiger partial charge in [0.05, 0.1) is 11.9 Å². The lowest BCUT2D eigenvalue weighted by atomic mass is 10.1. The number of carbonyl (C=O) groups excluding carboxylic acids is 1. The third-order valence-corrected chi connectivity index (χ3v) is 4.69. The van der Waals surface area contributed by atoms with E-state index in [4.69, 9.17) is 0 Å². The van der Waals surface area contributed by atoms with E-state index in [0.29, 0.717) is 18.8 Å². The number of amides is 1. The summed E-state index contributed by atoms with van der Waals surface area (Å²) in [5.74, 6) is -0.214. The molecule has 1 atom stereocenters. The fourth-order valence-electron chi connectivity index (χ4n) is 2.44. The summed E-state index contributed by atoms with van der Waals surface area (Å²) < 4.78 is 26.0. The number of carbonyl (C=O) groups is 1. The van der Waals surface area contributed by atoms with Crippen LogP contribution in [-0.4, -0.2) is 53.8 Å². The van der Waals surface area contributed by atoms with Gasteiger partial charge in [-0.1, -0.05) is 0 Å². The lowest BCUT2D eigenvalue weighted by Gasteiger charge is -2.31. The number of rotatable bonds is 3. The predicted molar refractivity (Wildman–Crippen MR) is 74.9 cm³/mol. The van der Waals surface area contributed by atoms with Crippen molar-refractivity contribution in [2.75, 3.05) is 19.3 Å². The third kappa shape index (κ3) is 3.37. The largest absolute Gasteiger partial charge is 0.347 e. The van der Waals surface area contributed by atoms with Crippen LogP contribution in [0, 0.1) is 6.92 Å². The average molecular weight is 300 g/mol. The van der Waals surface area contributed by atoms with Crippen molar-refractivity contribution in [3.63, 3.8) is 0 Å². The van der Waals surface area contributed by atoms with Gasteiger partial charge in [0.1, 0.15) is 5.69 Å². The number of hydrogen-bond acceptors (Lipinski definition) is 4. The zero-order chi connectivity index (χ0) is 14.9. The van der Waals surface area contributed by atoms with Crippen LogP contribution in [0.3, 0.4) is 0 Å². The van der Waals surface area contributed by atoms with E-state index >= 15 is 0 Å². The van der Waals surface area contributed by atoms with Crippen molar-refractivity contribution in [3.05, 3.63) is 17.5 Å². The highest BCUT2D eigenvalue weighted by Crippen LogP contribution is 2.13. The molecule has 0 aromatic carbocycles. The van der Waals surface area contributed by atoms with Crippen LogP contribution in [0.25, 0.3) is 0 Å². The molecule has 0 saturated carbocycles. The molecule has 0 spiro atoms. The van der Waals surface area contributed by atoms with Gasteiger partial charge in [-0.2, -0.15) is 5.10 Å². The minimum atomic E-state index is -3.20. The summed E-state index contributed by atoms with van der Waals surface area (Å²) >= 11 is 0. The van der Waals surface area contributed by atoms with Crippen molar-refractivity contribution >= 4 is 15.9 Å². The molecule has 1 aromatic heterocycles. The van der Waals surface area contributed by atoms with E-state index in [1.54, 1.807) is 13.1 Å². The van der Waals surface area contributed by atoms with Crippen molar-refractivity contribution in [1.29, 1.82) is 0 Å². The molecule has 1 fully saturated rings. The van der Waals surface area contributed by atoms with Gasteiger partial charge >= 0.3 is 0 Å². The molecular formula is C12H20N4O3S.